The first-order chi connectivity index (χ1) is 18.7. The first kappa shape index (κ1) is 29.8. The van der Waals surface area contributed by atoms with Crippen LogP contribution in [0.2, 0.25) is 0 Å². The summed E-state index contributed by atoms with van der Waals surface area (Å²) in [5.41, 5.74) is 0.812. The molecule has 2 N–H and O–H groups in total. The SMILES string of the molecule is CCOC(=O)ON1CCN(C(=O)[C@H](CCC(=O)O)NC(=O)c2cc(SC(C)C)nc(-c3ccccc3)n2)CC1. The molecule has 0 aliphatic carbocycles. The molecule has 1 saturated heterocycles. The Kier molecular flexibility index (Phi) is 11.1. The number of aliphatic carboxylic acids is 1. The highest BCUT2D eigenvalue weighted by Crippen LogP contribution is 2.25. The summed E-state index contributed by atoms with van der Waals surface area (Å²) < 4.78 is 4.76. The Morgan fingerprint density at radius 1 is 1.08 bits per heavy atom. The normalized spacial score (nSPS) is 14.5. The maximum absolute atomic E-state index is 13.3. The van der Waals surface area contributed by atoms with Crippen LogP contribution in [0.5, 0.6) is 0 Å². The van der Waals surface area contributed by atoms with Gasteiger partial charge in [-0.1, -0.05) is 44.2 Å². The Hall–Kier alpha value is -3.71. The van der Waals surface area contributed by atoms with Crippen molar-refractivity contribution in [2.75, 3.05) is 32.8 Å². The molecule has 0 radical (unpaired) electrons. The van der Waals surface area contributed by atoms with Gasteiger partial charge in [-0.15, -0.1) is 16.8 Å². The van der Waals surface area contributed by atoms with Gasteiger partial charge in [-0.05, 0) is 13.3 Å². The van der Waals surface area contributed by atoms with Crippen LogP contribution in [0.25, 0.3) is 11.4 Å². The molecule has 39 heavy (non-hydrogen) atoms. The second kappa shape index (κ2) is 14.4. The van der Waals surface area contributed by atoms with Gasteiger partial charge in [-0.3, -0.25) is 14.4 Å². The van der Waals surface area contributed by atoms with Crippen LogP contribution < -0.4 is 5.32 Å². The Morgan fingerprint density at radius 2 is 1.77 bits per heavy atom. The van der Waals surface area contributed by atoms with Gasteiger partial charge in [0.15, 0.2) is 5.82 Å². The standard InChI is InChI=1S/C26H33N5O7S/c1-4-37-26(36)38-31-14-12-30(13-15-31)25(35)19(10-11-22(32)33)28-24(34)20-16-21(39-17(2)3)29-23(27-20)18-8-6-5-7-9-18/h5-9,16-17,19H,4,10-15H2,1-3H3,(H,28,34)(H,32,33)/t19-/m0/s1. The van der Waals surface area contributed by atoms with Crippen LogP contribution in [-0.2, 0) is 19.2 Å². The highest BCUT2D eigenvalue weighted by Gasteiger charge is 2.31. The number of aromatic nitrogens is 2. The Balaban J connectivity index is 1.76. The number of hydrogen-bond acceptors (Lipinski definition) is 10. The highest BCUT2D eigenvalue weighted by atomic mass is 32.2. The number of ether oxygens (including phenoxy) is 1. The molecule has 0 bridgehead atoms. The van der Waals surface area contributed by atoms with Gasteiger partial charge in [0.2, 0.25) is 5.91 Å². The van der Waals surface area contributed by atoms with Crippen molar-refractivity contribution in [2.45, 2.75) is 49.9 Å². The topological polar surface area (TPSA) is 151 Å². The number of benzene rings is 1. The lowest BCUT2D eigenvalue weighted by Crippen LogP contribution is -2.55. The Morgan fingerprint density at radius 3 is 2.38 bits per heavy atom. The van der Waals surface area contributed by atoms with E-state index >= 15 is 0 Å². The van der Waals surface area contributed by atoms with Crippen LogP contribution >= 0.6 is 11.8 Å². The van der Waals surface area contributed by atoms with Gasteiger partial charge in [0.05, 0.1) is 19.7 Å². The molecule has 2 amide bonds. The molecule has 1 aromatic carbocycles. The number of hydroxylamine groups is 2. The lowest BCUT2D eigenvalue weighted by atomic mass is 10.1. The predicted molar refractivity (Wildman–Crippen MR) is 143 cm³/mol. The number of carboxylic acid groups (broad SMARTS) is 1. The van der Waals surface area contributed by atoms with E-state index in [2.05, 4.69) is 15.3 Å². The molecule has 0 spiro atoms. The van der Waals surface area contributed by atoms with Crippen LogP contribution in [0.15, 0.2) is 41.4 Å². The van der Waals surface area contributed by atoms with Crippen LogP contribution in [0, 0.1) is 0 Å². The average Bonchev–Trinajstić information content (AvgIpc) is 2.91. The number of amides is 2. The summed E-state index contributed by atoms with van der Waals surface area (Å²) in [5.74, 6) is -1.74. The Labute approximate surface area is 231 Å². The largest absolute Gasteiger partial charge is 0.527 e. The van der Waals surface area contributed by atoms with Crippen molar-refractivity contribution in [1.29, 1.82) is 0 Å². The number of carbonyl (C=O) groups is 4. The summed E-state index contributed by atoms with van der Waals surface area (Å²) in [6, 6.07) is 9.72. The minimum absolute atomic E-state index is 0.0767. The van der Waals surface area contributed by atoms with Gasteiger partial charge >= 0.3 is 12.1 Å². The van der Waals surface area contributed by atoms with Gasteiger partial charge < -0.3 is 24.9 Å². The second-order valence-electron chi connectivity index (χ2n) is 8.93. The number of nitrogens with one attached hydrogen (secondary N) is 1. The summed E-state index contributed by atoms with van der Waals surface area (Å²) in [4.78, 5) is 65.1. The minimum atomic E-state index is -1.08. The van der Waals surface area contributed by atoms with Gasteiger partial charge in [-0.2, -0.15) is 0 Å². The number of thioether (sulfide) groups is 1. The molecular weight excluding hydrogens is 526 g/mol. The third kappa shape index (κ3) is 9.21. The van der Waals surface area contributed by atoms with E-state index in [-0.39, 0.29) is 56.6 Å². The van der Waals surface area contributed by atoms with Crippen LogP contribution in [-0.4, -0.2) is 93.1 Å². The molecule has 210 valence electrons. The zero-order valence-corrected chi connectivity index (χ0v) is 23.0. The lowest BCUT2D eigenvalue weighted by Gasteiger charge is -2.35. The highest BCUT2D eigenvalue weighted by molar-refractivity contribution is 7.99. The molecule has 0 saturated carbocycles. The summed E-state index contributed by atoms with van der Waals surface area (Å²) in [6.07, 6.45) is -1.22. The first-order valence-electron chi connectivity index (χ1n) is 12.7. The van der Waals surface area contributed by atoms with E-state index in [1.54, 1.807) is 13.0 Å². The third-order valence-corrected chi connectivity index (χ3v) is 6.51. The molecule has 1 atom stereocenters. The third-order valence-electron chi connectivity index (χ3n) is 5.59. The van der Waals surface area contributed by atoms with Gasteiger partial charge in [0.1, 0.15) is 16.8 Å². The van der Waals surface area contributed by atoms with Crippen molar-refractivity contribution >= 4 is 35.7 Å². The monoisotopic (exact) mass is 559 g/mol. The van der Waals surface area contributed by atoms with Gasteiger partial charge in [-0.25, -0.2) is 14.8 Å². The molecule has 0 unspecified atom stereocenters. The van der Waals surface area contributed by atoms with Crippen LogP contribution in [0.3, 0.4) is 0 Å². The van der Waals surface area contributed by atoms with Crippen molar-refractivity contribution in [1.82, 2.24) is 25.2 Å². The van der Waals surface area contributed by atoms with E-state index in [1.807, 2.05) is 44.2 Å². The summed E-state index contributed by atoms with van der Waals surface area (Å²) in [7, 11) is 0. The second-order valence-corrected chi connectivity index (χ2v) is 10.5. The van der Waals surface area contributed by atoms with E-state index in [1.165, 1.54) is 21.7 Å². The predicted octanol–water partition coefficient (Wildman–Crippen LogP) is 2.84. The molecule has 12 nitrogen and oxygen atoms in total. The van der Waals surface area contributed by atoms with Crippen molar-refractivity contribution in [2.24, 2.45) is 0 Å². The minimum Gasteiger partial charge on any atom is -0.481 e. The van der Waals surface area contributed by atoms with Crippen molar-refractivity contribution in [3.05, 3.63) is 42.1 Å². The smallest absolute Gasteiger partial charge is 0.481 e. The first-order valence-corrected chi connectivity index (χ1v) is 13.6. The van der Waals surface area contributed by atoms with Crippen LogP contribution in [0.4, 0.5) is 4.79 Å². The fraction of sp³-hybridized carbons (Fsp3) is 0.462. The summed E-state index contributed by atoms with van der Waals surface area (Å²) in [5, 5.41) is 14.1. The maximum Gasteiger partial charge on any atom is 0.527 e. The Bertz CT molecular complexity index is 1160. The fourth-order valence-corrected chi connectivity index (χ4v) is 4.59. The summed E-state index contributed by atoms with van der Waals surface area (Å²) in [6.45, 7) is 6.78. The molecule has 1 aromatic heterocycles. The molecule has 2 aromatic rings. The maximum atomic E-state index is 13.3. The number of carbonyl (C=O) groups excluding carboxylic acids is 3. The number of piperazine rings is 1. The fourth-order valence-electron chi connectivity index (χ4n) is 3.79. The van der Waals surface area contributed by atoms with Crippen molar-refractivity contribution in [3.63, 3.8) is 0 Å². The molecule has 3 rings (SSSR count). The van der Waals surface area contributed by atoms with E-state index in [0.717, 1.165) is 5.56 Å². The molecular formula is C26H33N5O7S. The number of rotatable bonds is 11. The number of nitrogens with zero attached hydrogens (tertiary/aromatic N) is 4. The quantitative estimate of drug-likeness (QED) is 0.237. The van der Waals surface area contributed by atoms with Crippen molar-refractivity contribution in [3.8, 4) is 11.4 Å². The number of hydrogen-bond donors (Lipinski definition) is 2. The number of carboxylic acids is 1. The van der Waals surface area contributed by atoms with Crippen LogP contribution in [0.1, 0.15) is 44.1 Å². The average molecular weight is 560 g/mol. The van der Waals surface area contributed by atoms with E-state index in [4.69, 9.17) is 9.57 Å². The van der Waals surface area contributed by atoms with E-state index in [0.29, 0.717) is 10.9 Å². The molecule has 1 aliphatic rings. The van der Waals surface area contributed by atoms with Crippen molar-refractivity contribution < 1.29 is 33.9 Å². The lowest BCUT2D eigenvalue weighted by molar-refractivity contribution is -0.157. The van der Waals surface area contributed by atoms with E-state index < -0.39 is 30.0 Å². The van der Waals surface area contributed by atoms with E-state index in [9.17, 15) is 24.3 Å². The molecule has 1 fully saturated rings. The molecule has 1 aliphatic heterocycles. The van der Waals surface area contributed by atoms with Gasteiger partial charge in [0, 0.05) is 36.4 Å². The molecule has 2 heterocycles. The van der Waals surface area contributed by atoms with Gasteiger partial charge in [0.25, 0.3) is 5.91 Å². The summed E-state index contributed by atoms with van der Waals surface area (Å²) >= 11 is 1.47. The molecule has 13 heteroatoms. The zero-order valence-electron chi connectivity index (χ0n) is 22.2. The zero-order chi connectivity index (χ0) is 28.4.